The number of hydrogen-bond donors (Lipinski definition) is 1. The van der Waals surface area contributed by atoms with Gasteiger partial charge in [0, 0.05) is 28.8 Å². The Balaban J connectivity index is 2.03. The zero-order valence-electron chi connectivity index (χ0n) is 14.2. The van der Waals surface area contributed by atoms with Gasteiger partial charge in [0.15, 0.2) is 0 Å². The Labute approximate surface area is 151 Å². The number of nitrogens with one attached hydrogen (secondary N) is 1. The molecule has 1 N–H and O–H groups in total. The number of pyridine rings is 1. The molecular weight excluding hydrogens is 336 g/mol. The highest BCUT2D eigenvalue weighted by atomic mass is 35.5. The van der Waals surface area contributed by atoms with Crippen LogP contribution < -0.4 is 10.7 Å². The van der Waals surface area contributed by atoms with Gasteiger partial charge in [0.05, 0.1) is 5.52 Å². The predicted octanol–water partition coefficient (Wildman–Crippen LogP) is 4.49. The molecule has 1 aromatic heterocycles. The lowest BCUT2D eigenvalue weighted by molar-refractivity contribution is 0.102. The maximum absolute atomic E-state index is 12.7. The summed E-state index contributed by atoms with van der Waals surface area (Å²) >= 11 is 6.03. The summed E-state index contributed by atoms with van der Waals surface area (Å²) in [5, 5.41) is 3.72. The van der Waals surface area contributed by atoms with Crippen LogP contribution in [-0.4, -0.2) is 10.5 Å². The van der Waals surface area contributed by atoms with E-state index >= 15 is 0 Å². The van der Waals surface area contributed by atoms with E-state index in [0.717, 1.165) is 11.9 Å². The van der Waals surface area contributed by atoms with E-state index < -0.39 is 5.91 Å². The van der Waals surface area contributed by atoms with Crippen LogP contribution in [0.2, 0.25) is 5.02 Å². The second-order valence-electron chi connectivity index (χ2n) is 5.82. The molecule has 3 rings (SSSR count). The van der Waals surface area contributed by atoms with Gasteiger partial charge in [0.25, 0.3) is 5.91 Å². The first kappa shape index (κ1) is 17.2. The molecule has 2 aromatic carbocycles. The number of amides is 1. The molecule has 0 spiro atoms. The van der Waals surface area contributed by atoms with Gasteiger partial charge in [-0.3, -0.25) is 9.59 Å². The van der Waals surface area contributed by atoms with E-state index in [9.17, 15) is 9.59 Å². The summed E-state index contributed by atoms with van der Waals surface area (Å²) in [6.07, 6.45) is 2.54. The first-order valence-corrected chi connectivity index (χ1v) is 8.64. The number of rotatable bonds is 4. The van der Waals surface area contributed by atoms with Crippen LogP contribution in [0, 0.1) is 0 Å². The zero-order chi connectivity index (χ0) is 18.0. The summed E-state index contributed by atoms with van der Waals surface area (Å²) in [4.78, 5) is 25.4. The molecule has 0 aliphatic heterocycles. The van der Waals surface area contributed by atoms with Gasteiger partial charge in [-0.2, -0.15) is 0 Å². The largest absolute Gasteiger partial charge is 0.347 e. The third-order valence-corrected chi connectivity index (χ3v) is 4.48. The molecule has 0 fully saturated rings. The summed E-state index contributed by atoms with van der Waals surface area (Å²) in [7, 11) is 0. The van der Waals surface area contributed by atoms with Crippen molar-refractivity contribution in [3.63, 3.8) is 0 Å². The van der Waals surface area contributed by atoms with Crippen molar-refractivity contribution in [3.05, 3.63) is 75.0 Å². The minimum absolute atomic E-state index is 0.108. The monoisotopic (exact) mass is 354 g/mol. The van der Waals surface area contributed by atoms with Crippen LogP contribution in [0.1, 0.15) is 29.8 Å². The normalized spacial score (nSPS) is 10.8. The van der Waals surface area contributed by atoms with Gasteiger partial charge in [0.1, 0.15) is 5.56 Å². The van der Waals surface area contributed by atoms with Crippen molar-refractivity contribution >= 4 is 34.1 Å². The van der Waals surface area contributed by atoms with Crippen LogP contribution in [0.15, 0.2) is 53.5 Å². The van der Waals surface area contributed by atoms with Crippen molar-refractivity contribution in [3.8, 4) is 0 Å². The average molecular weight is 355 g/mol. The molecule has 0 radical (unpaired) electrons. The van der Waals surface area contributed by atoms with Crippen LogP contribution in [-0.2, 0) is 13.0 Å². The number of fused-ring (bicyclic) bond motifs is 1. The van der Waals surface area contributed by atoms with Gasteiger partial charge in [-0.1, -0.05) is 30.7 Å². The maximum Gasteiger partial charge on any atom is 0.261 e. The molecule has 128 valence electrons. The highest BCUT2D eigenvalue weighted by molar-refractivity contribution is 6.31. The smallest absolute Gasteiger partial charge is 0.261 e. The van der Waals surface area contributed by atoms with E-state index in [4.69, 9.17) is 11.6 Å². The number of aromatic nitrogens is 1. The Kier molecular flexibility index (Phi) is 4.91. The van der Waals surface area contributed by atoms with Crippen LogP contribution >= 0.6 is 11.6 Å². The van der Waals surface area contributed by atoms with E-state index in [1.165, 1.54) is 5.56 Å². The number of anilines is 1. The third kappa shape index (κ3) is 3.44. The lowest BCUT2D eigenvalue weighted by Crippen LogP contribution is -2.23. The average Bonchev–Trinajstić information content (AvgIpc) is 2.63. The van der Waals surface area contributed by atoms with E-state index in [0.29, 0.717) is 22.6 Å². The molecule has 25 heavy (non-hydrogen) atoms. The first-order chi connectivity index (χ1) is 12.0. The fraction of sp³-hybridized carbons (Fsp3) is 0.200. The fourth-order valence-electron chi connectivity index (χ4n) is 2.82. The molecule has 1 amide bonds. The Hall–Kier alpha value is -2.59. The quantitative estimate of drug-likeness (QED) is 0.750. The topological polar surface area (TPSA) is 51.1 Å². The maximum atomic E-state index is 12.7. The van der Waals surface area contributed by atoms with Crippen LogP contribution in [0.3, 0.4) is 0 Å². The molecule has 5 heteroatoms. The van der Waals surface area contributed by atoms with Gasteiger partial charge < -0.3 is 9.88 Å². The Morgan fingerprint density at radius 2 is 1.84 bits per heavy atom. The number of benzene rings is 2. The highest BCUT2D eigenvalue weighted by Gasteiger charge is 2.15. The summed E-state index contributed by atoms with van der Waals surface area (Å²) in [6.45, 7) is 4.68. The van der Waals surface area contributed by atoms with E-state index in [1.807, 2.05) is 35.8 Å². The van der Waals surface area contributed by atoms with Gasteiger partial charge in [-0.05, 0) is 49.2 Å². The standard InChI is InChI=1S/C20H19ClN2O2/c1-3-13-5-8-15(9-6-13)22-20(25)17-12-23(4-2)18-10-7-14(21)11-16(18)19(17)24/h5-12H,3-4H2,1-2H3,(H,22,25). The van der Waals surface area contributed by atoms with Crippen molar-refractivity contribution in [2.75, 3.05) is 5.32 Å². The summed E-state index contributed by atoms with van der Waals surface area (Å²) < 4.78 is 1.88. The molecule has 0 aliphatic rings. The van der Waals surface area contributed by atoms with Crippen LogP contribution in [0.4, 0.5) is 5.69 Å². The number of halogens is 1. The SMILES string of the molecule is CCc1ccc(NC(=O)c2cn(CC)c3ccc(Cl)cc3c2=O)cc1. The molecule has 0 unspecified atom stereocenters. The molecule has 1 heterocycles. The van der Waals surface area contributed by atoms with Crippen molar-refractivity contribution in [2.45, 2.75) is 26.8 Å². The molecule has 0 saturated carbocycles. The number of nitrogens with zero attached hydrogens (tertiary/aromatic N) is 1. The molecule has 0 atom stereocenters. The highest BCUT2D eigenvalue weighted by Crippen LogP contribution is 2.18. The summed E-state index contributed by atoms with van der Waals surface area (Å²) in [5.41, 5.74) is 2.41. The lowest BCUT2D eigenvalue weighted by Gasteiger charge is -2.12. The predicted molar refractivity (Wildman–Crippen MR) is 103 cm³/mol. The van der Waals surface area contributed by atoms with Crippen LogP contribution in [0.25, 0.3) is 10.9 Å². The Morgan fingerprint density at radius 3 is 2.48 bits per heavy atom. The molecule has 0 bridgehead atoms. The Bertz CT molecular complexity index is 991. The zero-order valence-corrected chi connectivity index (χ0v) is 14.9. The number of carbonyl (C=O) groups is 1. The van der Waals surface area contributed by atoms with Gasteiger partial charge >= 0.3 is 0 Å². The van der Waals surface area contributed by atoms with E-state index in [2.05, 4.69) is 12.2 Å². The number of hydrogen-bond acceptors (Lipinski definition) is 2. The fourth-order valence-corrected chi connectivity index (χ4v) is 2.99. The Morgan fingerprint density at radius 1 is 1.12 bits per heavy atom. The van der Waals surface area contributed by atoms with E-state index in [-0.39, 0.29) is 11.0 Å². The van der Waals surface area contributed by atoms with Crippen molar-refractivity contribution in [1.29, 1.82) is 0 Å². The third-order valence-electron chi connectivity index (χ3n) is 4.25. The lowest BCUT2D eigenvalue weighted by atomic mass is 10.1. The van der Waals surface area contributed by atoms with Crippen LogP contribution in [0.5, 0.6) is 0 Å². The summed E-state index contributed by atoms with van der Waals surface area (Å²) in [5.74, 6) is -0.418. The minimum Gasteiger partial charge on any atom is -0.347 e. The second kappa shape index (κ2) is 7.11. The molecule has 0 saturated heterocycles. The minimum atomic E-state index is -0.418. The molecule has 4 nitrogen and oxygen atoms in total. The number of aryl methyl sites for hydroxylation is 2. The van der Waals surface area contributed by atoms with E-state index in [1.54, 1.807) is 24.4 Å². The van der Waals surface area contributed by atoms with Gasteiger partial charge in [-0.25, -0.2) is 0 Å². The van der Waals surface area contributed by atoms with Gasteiger partial charge in [0.2, 0.25) is 5.43 Å². The summed E-state index contributed by atoms with van der Waals surface area (Å²) in [6, 6.07) is 12.7. The van der Waals surface area contributed by atoms with Gasteiger partial charge in [-0.15, -0.1) is 0 Å². The molecule has 0 aliphatic carbocycles. The second-order valence-corrected chi connectivity index (χ2v) is 6.26. The van der Waals surface area contributed by atoms with Crippen molar-refractivity contribution in [1.82, 2.24) is 4.57 Å². The number of carbonyl (C=O) groups excluding carboxylic acids is 1. The first-order valence-electron chi connectivity index (χ1n) is 8.26. The van der Waals surface area contributed by atoms with Crippen molar-refractivity contribution < 1.29 is 4.79 Å². The van der Waals surface area contributed by atoms with Crippen molar-refractivity contribution in [2.24, 2.45) is 0 Å². The molecule has 3 aromatic rings. The molecular formula is C20H19ClN2O2.